The monoisotopic (exact) mass is 398 g/mol. The number of nitrogens with one attached hydrogen (secondary N) is 1. The zero-order valence-corrected chi connectivity index (χ0v) is 19.3. The fraction of sp³-hybridized carbons (Fsp3) is 0.458. The van der Waals surface area contributed by atoms with Gasteiger partial charge in [0.1, 0.15) is 11.5 Å². The molecule has 0 aliphatic rings. The van der Waals surface area contributed by atoms with Crippen LogP contribution in [0.4, 0.5) is 5.69 Å². The summed E-state index contributed by atoms with van der Waals surface area (Å²) in [6.45, 7) is 15.2. The van der Waals surface area contributed by atoms with Crippen LogP contribution in [0.15, 0.2) is 47.5 Å². The molecule has 2 aromatic rings. The molecule has 0 radical (unpaired) electrons. The molecule has 28 heavy (non-hydrogen) atoms. The molecule has 0 atom stereocenters. The molecule has 0 saturated carbocycles. The summed E-state index contributed by atoms with van der Waals surface area (Å²) in [6.07, 6.45) is 2.06. The third-order valence-corrected chi connectivity index (χ3v) is 4.84. The lowest BCUT2D eigenvalue weighted by Crippen LogP contribution is -2.19. The molecule has 2 rings (SSSR count). The van der Waals surface area contributed by atoms with E-state index in [4.69, 9.17) is 9.73 Å². The molecule has 3 nitrogen and oxygen atoms in total. The second-order valence-corrected chi connectivity index (χ2v) is 9.41. The number of amidine groups is 1. The van der Waals surface area contributed by atoms with Gasteiger partial charge in [0.15, 0.2) is 5.17 Å². The highest BCUT2D eigenvalue weighted by atomic mass is 32.2. The molecule has 1 N–H and O–H groups in total. The maximum absolute atomic E-state index is 6.16. The number of aliphatic imine (C=N–C) groups is 1. The van der Waals surface area contributed by atoms with Crippen molar-refractivity contribution in [2.75, 3.05) is 11.6 Å². The van der Waals surface area contributed by atoms with Crippen molar-refractivity contribution in [2.24, 2.45) is 4.99 Å². The third-order valence-electron chi connectivity index (χ3n) is 4.26. The number of nitrogens with zero attached hydrogens (tertiary/aromatic N) is 1. The Balaban J connectivity index is 2.53. The van der Waals surface area contributed by atoms with E-state index >= 15 is 0 Å². The second kappa shape index (κ2) is 9.51. The van der Waals surface area contributed by atoms with Gasteiger partial charge in [-0.25, -0.2) is 0 Å². The van der Waals surface area contributed by atoms with E-state index in [1.54, 1.807) is 11.8 Å². The van der Waals surface area contributed by atoms with Crippen molar-refractivity contribution in [1.29, 1.82) is 0 Å². The Morgan fingerprint density at radius 3 is 1.89 bits per heavy atom. The molecule has 152 valence electrons. The summed E-state index contributed by atoms with van der Waals surface area (Å²) in [5.74, 6) is 2.45. The lowest BCUT2D eigenvalue weighted by Gasteiger charge is -2.24. The summed E-state index contributed by atoms with van der Waals surface area (Å²) < 4.78 is 6.16. The number of anilines is 1. The summed E-state index contributed by atoms with van der Waals surface area (Å²) in [5, 5.41) is 4.57. The van der Waals surface area contributed by atoms with Crippen LogP contribution < -0.4 is 10.1 Å². The number of rotatable bonds is 5. The highest BCUT2D eigenvalue weighted by Crippen LogP contribution is 2.38. The van der Waals surface area contributed by atoms with Crippen LogP contribution in [0.5, 0.6) is 11.5 Å². The molecular formula is C24H34N2OS. The average molecular weight is 399 g/mol. The fourth-order valence-corrected chi connectivity index (χ4v) is 3.50. The van der Waals surface area contributed by atoms with Crippen molar-refractivity contribution >= 4 is 22.6 Å². The molecular weight excluding hydrogens is 364 g/mol. The predicted molar refractivity (Wildman–Crippen MR) is 125 cm³/mol. The predicted octanol–water partition coefficient (Wildman–Crippen LogP) is 7.66. The summed E-state index contributed by atoms with van der Waals surface area (Å²) in [4.78, 5) is 4.85. The zero-order valence-electron chi connectivity index (χ0n) is 18.5. The van der Waals surface area contributed by atoms with Crippen LogP contribution in [0, 0.1) is 0 Å². The van der Waals surface area contributed by atoms with Gasteiger partial charge in [-0.3, -0.25) is 4.99 Å². The molecule has 0 aliphatic carbocycles. The molecule has 0 heterocycles. The first-order valence-corrected chi connectivity index (χ1v) is 11.1. The van der Waals surface area contributed by atoms with Gasteiger partial charge in [0.25, 0.3) is 0 Å². The molecule has 0 fully saturated rings. The van der Waals surface area contributed by atoms with Crippen LogP contribution in [-0.2, 0) is 0 Å². The van der Waals surface area contributed by atoms with E-state index in [-0.39, 0.29) is 5.54 Å². The van der Waals surface area contributed by atoms with Gasteiger partial charge in [0.2, 0.25) is 0 Å². The minimum absolute atomic E-state index is 0.127. The van der Waals surface area contributed by atoms with Crippen molar-refractivity contribution in [3.63, 3.8) is 0 Å². The summed E-state index contributed by atoms with van der Waals surface area (Å²) in [7, 11) is 0. The van der Waals surface area contributed by atoms with Gasteiger partial charge in [-0.05, 0) is 74.3 Å². The Morgan fingerprint density at radius 1 is 0.929 bits per heavy atom. The fourth-order valence-electron chi connectivity index (χ4n) is 2.93. The number of ether oxygens (including phenoxy) is 1. The minimum atomic E-state index is -0.127. The van der Waals surface area contributed by atoms with Gasteiger partial charge >= 0.3 is 0 Å². The first-order valence-electron chi connectivity index (χ1n) is 9.92. The SMILES string of the molecule is CS/C(=N\C(C)(C)C)Nc1c(C(C)C)cc(Oc2ccccc2)cc1C(C)C. The summed E-state index contributed by atoms with van der Waals surface area (Å²) in [6, 6.07) is 14.3. The van der Waals surface area contributed by atoms with Gasteiger partial charge < -0.3 is 10.1 Å². The highest BCUT2D eigenvalue weighted by molar-refractivity contribution is 8.13. The van der Waals surface area contributed by atoms with Crippen molar-refractivity contribution in [1.82, 2.24) is 0 Å². The number of thioether (sulfide) groups is 1. The smallest absolute Gasteiger partial charge is 0.161 e. The molecule has 0 aliphatic heterocycles. The van der Waals surface area contributed by atoms with Gasteiger partial charge in [0.05, 0.1) is 5.54 Å². The molecule has 0 saturated heterocycles. The lowest BCUT2D eigenvalue weighted by molar-refractivity contribution is 0.480. The van der Waals surface area contributed by atoms with Crippen LogP contribution >= 0.6 is 11.8 Å². The topological polar surface area (TPSA) is 33.6 Å². The van der Waals surface area contributed by atoms with E-state index in [0.29, 0.717) is 11.8 Å². The van der Waals surface area contributed by atoms with Crippen LogP contribution in [0.25, 0.3) is 0 Å². The maximum Gasteiger partial charge on any atom is 0.161 e. The Morgan fingerprint density at radius 2 is 1.46 bits per heavy atom. The van der Waals surface area contributed by atoms with E-state index < -0.39 is 0 Å². The van der Waals surface area contributed by atoms with E-state index in [9.17, 15) is 0 Å². The number of benzene rings is 2. The summed E-state index contributed by atoms with van der Waals surface area (Å²) in [5.41, 5.74) is 3.51. The largest absolute Gasteiger partial charge is 0.457 e. The Hall–Kier alpha value is -1.94. The lowest BCUT2D eigenvalue weighted by atomic mass is 9.92. The quantitative estimate of drug-likeness (QED) is 0.414. The number of para-hydroxylation sites is 1. The van der Waals surface area contributed by atoms with Crippen LogP contribution in [0.2, 0.25) is 0 Å². The normalized spacial score (nSPS) is 12.6. The maximum atomic E-state index is 6.16. The molecule has 0 unspecified atom stereocenters. The van der Waals surface area contributed by atoms with E-state index in [1.165, 1.54) is 11.1 Å². The van der Waals surface area contributed by atoms with E-state index in [1.807, 2.05) is 30.3 Å². The van der Waals surface area contributed by atoms with Crippen molar-refractivity contribution in [3.8, 4) is 11.5 Å². The van der Waals surface area contributed by atoms with Gasteiger partial charge in [-0.2, -0.15) is 0 Å². The molecule has 4 heteroatoms. The first kappa shape index (κ1) is 22.4. The van der Waals surface area contributed by atoms with Crippen molar-refractivity contribution in [3.05, 3.63) is 53.6 Å². The Bertz CT molecular complexity index is 776. The zero-order chi connectivity index (χ0) is 20.9. The summed E-state index contributed by atoms with van der Waals surface area (Å²) >= 11 is 1.65. The van der Waals surface area contributed by atoms with Crippen molar-refractivity contribution < 1.29 is 4.74 Å². The molecule has 0 spiro atoms. The second-order valence-electron chi connectivity index (χ2n) is 8.62. The van der Waals surface area contributed by atoms with Gasteiger partial charge in [-0.15, -0.1) is 0 Å². The Kier molecular flexibility index (Phi) is 7.59. The van der Waals surface area contributed by atoms with E-state index in [2.05, 4.69) is 72.2 Å². The molecule has 0 amide bonds. The minimum Gasteiger partial charge on any atom is -0.457 e. The number of hydrogen-bond acceptors (Lipinski definition) is 3. The average Bonchev–Trinajstić information content (AvgIpc) is 2.61. The number of hydrogen-bond donors (Lipinski definition) is 1. The highest BCUT2D eigenvalue weighted by Gasteiger charge is 2.19. The molecule has 0 bridgehead atoms. The first-order chi connectivity index (χ1) is 13.1. The van der Waals surface area contributed by atoms with Gasteiger partial charge in [-0.1, -0.05) is 57.7 Å². The van der Waals surface area contributed by atoms with Gasteiger partial charge in [0, 0.05) is 5.69 Å². The van der Waals surface area contributed by atoms with Crippen molar-refractivity contribution in [2.45, 2.75) is 65.8 Å². The van der Waals surface area contributed by atoms with Crippen LogP contribution in [0.1, 0.15) is 71.4 Å². The standard InChI is InChI=1S/C24H34N2OS/c1-16(2)20-14-19(27-18-12-10-9-11-13-18)15-21(17(3)4)22(20)25-23(28-8)26-24(5,6)7/h9-17H,1-8H3,(H,25,26). The molecule has 2 aromatic carbocycles. The third kappa shape index (κ3) is 6.30. The Labute approximate surface area is 175 Å². The van der Waals surface area contributed by atoms with Crippen LogP contribution in [0.3, 0.4) is 0 Å². The molecule has 0 aromatic heterocycles. The van der Waals surface area contributed by atoms with E-state index in [0.717, 1.165) is 22.4 Å². The van der Waals surface area contributed by atoms with Crippen LogP contribution in [-0.4, -0.2) is 17.0 Å².